The molecule has 4 rings (SSSR count). The SMILES string of the molecule is CC1=C(CNC(=O)c2cc(Br)cc3c2ccn3C(C)C)C(=O)CC(Cc2ccccc2)=C1. The number of ketones is 1. The summed E-state index contributed by atoms with van der Waals surface area (Å²) in [6.45, 7) is 6.41. The van der Waals surface area contributed by atoms with E-state index >= 15 is 0 Å². The van der Waals surface area contributed by atoms with Gasteiger partial charge in [-0.1, -0.05) is 57.9 Å². The number of allylic oxidation sites excluding steroid dienone is 3. The van der Waals surface area contributed by atoms with E-state index in [2.05, 4.69) is 57.9 Å². The van der Waals surface area contributed by atoms with Gasteiger partial charge in [-0.3, -0.25) is 9.59 Å². The molecule has 0 atom stereocenters. The molecule has 32 heavy (non-hydrogen) atoms. The van der Waals surface area contributed by atoms with Gasteiger partial charge >= 0.3 is 0 Å². The van der Waals surface area contributed by atoms with Crippen LogP contribution in [0.15, 0.2) is 82.0 Å². The fourth-order valence-corrected chi connectivity index (χ4v) is 4.76. The lowest BCUT2D eigenvalue weighted by Gasteiger charge is -2.18. The maximum atomic E-state index is 13.1. The van der Waals surface area contributed by atoms with Crippen LogP contribution in [0.5, 0.6) is 0 Å². The normalized spacial score (nSPS) is 14.3. The van der Waals surface area contributed by atoms with Crippen molar-refractivity contribution in [1.29, 1.82) is 0 Å². The van der Waals surface area contributed by atoms with Crippen LogP contribution >= 0.6 is 15.9 Å². The Labute approximate surface area is 197 Å². The van der Waals surface area contributed by atoms with Crippen molar-refractivity contribution in [1.82, 2.24) is 9.88 Å². The quantitative estimate of drug-likeness (QED) is 0.448. The third kappa shape index (κ3) is 4.63. The number of amides is 1. The van der Waals surface area contributed by atoms with Crippen LogP contribution in [0, 0.1) is 0 Å². The van der Waals surface area contributed by atoms with Gasteiger partial charge < -0.3 is 9.88 Å². The second-order valence-electron chi connectivity index (χ2n) is 8.61. The predicted molar refractivity (Wildman–Crippen MR) is 133 cm³/mol. The molecule has 1 amide bonds. The van der Waals surface area contributed by atoms with E-state index in [1.54, 1.807) is 0 Å². The zero-order chi connectivity index (χ0) is 22.8. The minimum atomic E-state index is -0.176. The number of hydrogen-bond acceptors (Lipinski definition) is 2. The Hall–Kier alpha value is -2.92. The summed E-state index contributed by atoms with van der Waals surface area (Å²) in [6, 6.07) is 16.3. The van der Waals surface area contributed by atoms with E-state index in [4.69, 9.17) is 0 Å². The highest BCUT2D eigenvalue weighted by Crippen LogP contribution is 2.28. The number of carbonyl (C=O) groups excluding carboxylic acids is 2. The lowest BCUT2D eigenvalue weighted by atomic mass is 9.88. The average Bonchev–Trinajstić information content (AvgIpc) is 3.17. The second kappa shape index (κ2) is 9.29. The van der Waals surface area contributed by atoms with Crippen LogP contribution in [0.3, 0.4) is 0 Å². The molecule has 0 fully saturated rings. The van der Waals surface area contributed by atoms with Crippen LogP contribution in [-0.2, 0) is 11.2 Å². The van der Waals surface area contributed by atoms with E-state index in [9.17, 15) is 9.59 Å². The minimum absolute atomic E-state index is 0.0848. The molecule has 0 unspecified atom stereocenters. The monoisotopic (exact) mass is 490 g/mol. The first-order valence-electron chi connectivity index (χ1n) is 10.9. The first-order valence-corrected chi connectivity index (χ1v) is 11.7. The van der Waals surface area contributed by atoms with Crippen LogP contribution in [-0.4, -0.2) is 22.8 Å². The summed E-state index contributed by atoms with van der Waals surface area (Å²) in [7, 11) is 0. The molecule has 0 radical (unpaired) electrons. The molecule has 4 nitrogen and oxygen atoms in total. The van der Waals surface area contributed by atoms with Crippen LogP contribution in [0.25, 0.3) is 10.9 Å². The summed E-state index contributed by atoms with van der Waals surface area (Å²) in [5, 5.41) is 3.88. The van der Waals surface area contributed by atoms with Crippen LogP contribution in [0.2, 0.25) is 0 Å². The molecule has 0 spiro atoms. The molecule has 1 N–H and O–H groups in total. The lowest BCUT2D eigenvalue weighted by Crippen LogP contribution is -2.29. The summed E-state index contributed by atoms with van der Waals surface area (Å²) >= 11 is 3.54. The summed E-state index contributed by atoms with van der Waals surface area (Å²) < 4.78 is 3.00. The Kier molecular flexibility index (Phi) is 6.47. The molecule has 5 heteroatoms. The standard InChI is InChI=1S/C27H27BrN2O2/c1-17(2)30-10-9-22-23(14-21(28)15-25(22)30)27(32)29-16-24-18(3)11-20(13-26(24)31)12-19-7-5-4-6-8-19/h4-11,14-15,17H,12-13,16H2,1-3H3,(H,29,32). The lowest BCUT2D eigenvalue weighted by molar-refractivity contribution is -0.115. The smallest absolute Gasteiger partial charge is 0.252 e. The molecule has 1 aromatic heterocycles. The van der Waals surface area contributed by atoms with Gasteiger partial charge in [0.05, 0.1) is 5.52 Å². The highest BCUT2D eigenvalue weighted by atomic mass is 79.9. The second-order valence-corrected chi connectivity index (χ2v) is 9.53. The van der Waals surface area contributed by atoms with Gasteiger partial charge in [0, 0.05) is 46.2 Å². The molecule has 0 saturated carbocycles. The molecule has 1 heterocycles. The molecule has 1 aliphatic carbocycles. The van der Waals surface area contributed by atoms with E-state index in [1.165, 1.54) is 5.56 Å². The van der Waals surface area contributed by atoms with E-state index in [1.807, 2.05) is 49.5 Å². The van der Waals surface area contributed by atoms with Crippen molar-refractivity contribution in [2.45, 2.75) is 39.7 Å². The number of halogens is 1. The minimum Gasteiger partial charge on any atom is -0.348 e. The third-order valence-corrected chi connectivity index (χ3v) is 6.38. The maximum absolute atomic E-state index is 13.1. The number of carbonyl (C=O) groups is 2. The molecular formula is C27H27BrN2O2. The van der Waals surface area contributed by atoms with Gasteiger partial charge in [0.2, 0.25) is 0 Å². The van der Waals surface area contributed by atoms with Gasteiger partial charge in [-0.2, -0.15) is 0 Å². The zero-order valence-corrected chi connectivity index (χ0v) is 20.2. The van der Waals surface area contributed by atoms with Gasteiger partial charge in [0.15, 0.2) is 5.78 Å². The number of Topliss-reactive ketones (excluding diaryl/α,β-unsaturated/α-hetero) is 1. The number of hydrogen-bond donors (Lipinski definition) is 1. The largest absolute Gasteiger partial charge is 0.348 e. The van der Waals surface area contributed by atoms with E-state index < -0.39 is 0 Å². The molecule has 164 valence electrons. The Morgan fingerprint density at radius 1 is 1.16 bits per heavy atom. The number of benzene rings is 2. The van der Waals surface area contributed by atoms with Crippen LogP contribution in [0.4, 0.5) is 0 Å². The highest BCUT2D eigenvalue weighted by Gasteiger charge is 2.21. The molecule has 0 bridgehead atoms. The molecule has 0 saturated heterocycles. The van der Waals surface area contributed by atoms with Crippen molar-refractivity contribution in [3.05, 3.63) is 93.1 Å². The Balaban J connectivity index is 1.53. The Bertz CT molecular complexity index is 1250. The first-order chi connectivity index (χ1) is 15.3. The van der Waals surface area contributed by atoms with Gasteiger partial charge in [-0.15, -0.1) is 0 Å². The molecular weight excluding hydrogens is 464 g/mol. The van der Waals surface area contributed by atoms with Crippen molar-refractivity contribution in [3.8, 4) is 0 Å². The van der Waals surface area contributed by atoms with Gasteiger partial charge in [0.1, 0.15) is 0 Å². The number of nitrogens with one attached hydrogen (secondary N) is 1. The Morgan fingerprint density at radius 2 is 1.91 bits per heavy atom. The molecule has 0 aliphatic heterocycles. The number of aromatic nitrogens is 1. The van der Waals surface area contributed by atoms with Crippen molar-refractivity contribution in [2.24, 2.45) is 0 Å². The van der Waals surface area contributed by atoms with Crippen LogP contribution < -0.4 is 5.32 Å². The van der Waals surface area contributed by atoms with E-state index in [0.29, 0.717) is 23.6 Å². The Morgan fingerprint density at radius 3 is 2.59 bits per heavy atom. The molecule has 2 aromatic carbocycles. The highest BCUT2D eigenvalue weighted by molar-refractivity contribution is 9.10. The molecule has 3 aromatic rings. The van der Waals surface area contributed by atoms with Gasteiger partial charge in [-0.05, 0) is 56.5 Å². The summed E-state index contributed by atoms with van der Waals surface area (Å²) in [5.74, 6) is -0.0912. The van der Waals surface area contributed by atoms with E-state index in [-0.39, 0.29) is 18.2 Å². The fraction of sp³-hybridized carbons (Fsp3) is 0.259. The van der Waals surface area contributed by atoms with Crippen molar-refractivity contribution in [2.75, 3.05) is 6.54 Å². The summed E-state index contributed by atoms with van der Waals surface area (Å²) in [4.78, 5) is 25.9. The van der Waals surface area contributed by atoms with Crippen molar-refractivity contribution >= 4 is 38.5 Å². The first kappa shape index (κ1) is 22.3. The predicted octanol–water partition coefficient (Wildman–Crippen LogP) is 6.17. The number of rotatable bonds is 6. The number of fused-ring (bicyclic) bond motifs is 1. The van der Waals surface area contributed by atoms with E-state index in [0.717, 1.165) is 32.9 Å². The fourth-order valence-electron chi connectivity index (χ4n) is 4.32. The van der Waals surface area contributed by atoms with Gasteiger partial charge in [-0.25, -0.2) is 0 Å². The summed E-state index contributed by atoms with van der Waals surface area (Å²) in [5.41, 5.74) is 5.53. The maximum Gasteiger partial charge on any atom is 0.252 e. The average molecular weight is 491 g/mol. The summed E-state index contributed by atoms with van der Waals surface area (Å²) in [6.07, 6.45) is 5.27. The topological polar surface area (TPSA) is 51.1 Å². The van der Waals surface area contributed by atoms with Gasteiger partial charge in [0.25, 0.3) is 5.91 Å². The van der Waals surface area contributed by atoms with Crippen LogP contribution in [0.1, 0.15) is 49.2 Å². The third-order valence-electron chi connectivity index (χ3n) is 5.92. The number of nitrogens with zero attached hydrogens (tertiary/aromatic N) is 1. The van der Waals surface area contributed by atoms with Crippen molar-refractivity contribution < 1.29 is 9.59 Å². The molecule has 1 aliphatic rings. The van der Waals surface area contributed by atoms with Crippen molar-refractivity contribution in [3.63, 3.8) is 0 Å². The zero-order valence-electron chi connectivity index (χ0n) is 18.6.